The number of para-hydroxylation sites is 1. The molecule has 5 rings (SSSR count). The molecule has 18 heteroatoms. The third-order valence-electron chi connectivity index (χ3n) is 7.59. The van der Waals surface area contributed by atoms with Gasteiger partial charge in [0, 0.05) is 22.6 Å². The SMILES string of the molecule is Cc1ccc(N(OC(=O)C(F)(F)F)C(=O)c2cc(O)c(C)c(O)c2)cc1-c1nc(NC(CO)CO)nc2c1ccc(=O)n2-c1c(F)cccc1F. The van der Waals surface area contributed by atoms with Crippen LogP contribution in [0.25, 0.3) is 28.0 Å². The van der Waals surface area contributed by atoms with Gasteiger partial charge >= 0.3 is 12.1 Å². The second-order valence-electron chi connectivity index (χ2n) is 11.0. The summed E-state index contributed by atoms with van der Waals surface area (Å²) in [7, 11) is 0. The molecular formula is C33H26F5N5O8. The van der Waals surface area contributed by atoms with Gasteiger partial charge in [-0.2, -0.15) is 18.2 Å². The van der Waals surface area contributed by atoms with E-state index in [1.807, 2.05) is 0 Å². The van der Waals surface area contributed by atoms with Crippen molar-refractivity contribution in [2.24, 2.45) is 0 Å². The third-order valence-corrected chi connectivity index (χ3v) is 7.59. The molecule has 5 aromatic rings. The second kappa shape index (κ2) is 14.0. The van der Waals surface area contributed by atoms with Gasteiger partial charge in [0.25, 0.3) is 11.5 Å². The van der Waals surface area contributed by atoms with Crippen molar-refractivity contribution in [3.63, 3.8) is 0 Å². The molecule has 0 unspecified atom stereocenters. The number of phenolic OH excluding ortho intramolecular Hbond substituents is 2. The van der Waals surface area contributed by atoms with Gasteiger partial charge in [-0.05, 0) is 61.9 Å². The minimum absolute atomic E-state index is 0.00200. The predicted molar refractivity (Wildman–Crippen MR) is 170 cm³/mol. The number of aliphatic hydroxyl groups excluding tert-OH is 2. The molecule has 0 aliphatic carbocycles. The van der Waals surface area contributed by atoms with E-state index in [0.717, 1.165) is 48.5 Å². The number of hydrogen-bond acceptors (Lipinski definition) is 11. The number of anilines is 2. The minimum atomic E-state index is -5.57. The maximum Gasteiger partial charge on any atom is 0.493 e. The van der Waals surface area contributed by atoms with Crippen LogP contribution in [-0.2, 0) is 9.63 Å². The lowest BCUT2D eigenvalue weighted by Crippen LogP contribution is -2.38. The molecule has 0 spiro atoms. The normalized spacial score (nSPS) is 11.6. The van der Waals surface area contributed by atoms with Gasteiger partial charge in [0.15, 0.2) is 5.65 Å². The third kappa shape index (κ3) is 7.12. The van der Waals surface area contributed by atoms with E-state index in [-0.39, 0.29) is 38.9 Å². The molecule has 3 aromatic carbocycles. The van der Waals surface area contributed by atoms with E-state index >= 15 is 8.78 Å². The molecule has 1 amide bonds. The van der Waals surface area contributed by atoms with Crippen molar-refractivity contribution < 1.29 is 56.8 Å². The predicted octanol–water partition coefficient (Wildman–Crippen LogP) is 4.19. The molecule has 51 heavy (non-hydrogen) atoms. The molecule has 266 valence electrons. The van der Waals surface area contributed by atoms with E-state index < -0.39 is 82.9 Å². The van der Waals surface area contributed by atoms with Crippen LogP contribution in [0.2, 0.25) is 0 Å². The number of benzene rings is 3. The molecule has 0 saturated heterocycles. The summed E-state index contributed by atoms with van der Waals surface area (Å²) in [4.78, 5) is 51.9. The first-order valence-corrected chi connectivity index (χ1v) is 14.7. The summed E-state index contributed by atoms with van der Waals surface area (Å²) >= 11 is 0. The highest BCUT2D eigenvalue weighted by molar-refractivity contribution is 6.07. The lowest BCUT2D eigenvalue weighted by atomic mass is 10.0. The van der Waals surface area contributed by atoms with Crippen LogP contribution in [0.3, 0.4) is 0 Å². The zero-order valence-electron chi connectivity index (χ0n) is 26.4. The highest BCUT2D eigenvalue weighted by Gasteiger charge is 2.44. The zero-order valence-corrected chi connectivity index (χ0v) is 26.4. The Bertz CT molecular complexity index is 2200. The lowest BCUT2D eigenvalue weighted by molar-refractivity contribution is -0.199. The van der Waals surface area contributed by atoms with Crippen molar-refractivity contribution >= 4 is 34.5 Å². The minimum Gasteiger partial charge on any atom is -0.508 e. The van der Waals surface area contributed by atoms with Crippen molar-refractivity contribution in [3.8, 4) is 28.4 Å². The van der Waals surface area contributed by atoms with Crippen molar-refractivity contribution in [1.29, 1.82) is 0 Å². The topological polar surface area (TPSA) is 187 Å². The Morgan fingerprint density at radius 1 is 0.941 bits per heavy atom. The fourth-order valence-electron chi connectivity index (χ4n) is 4.90. The number of aryl methyl sites for hydroxylation is 1. The summed E-state index contributed by atoms with van der Waals surface area (Å²) in [6.07, 6.45) is -5.57. The molecule has 0 fully saturated rings. The van der Waals surface area contributed by atoms with Crippen LogP contribution in [0.5, 0.6) is 11.5 Å². The summed E-state index contributed by atoms with van der Waals surface area (Å²) in [5, 5.41) is 42.2. The van der Waals surface area contributed by atoms with Crippen molar-refractivity contribution in [3.05, 3.63) is 99.3 Å². The number of phenols is 2. The number of alkyl halides is 3. The molecule has 5 N–H and O–H groups in total. The van der Waals surface area contributed by atoms with Crippen LogP contribution in [0.4, 0.5) is 33.6 Å². The number of amides is 1. The number of aromatic hydroxyl groups is 2. The highest BCUT2D eigenvalue weighted by atomic mass is 19.4. The Morgan fingerprint density at radius 2 is 1.57 bits per heavy atom. The van der Waals surface area contributed by atoms with Gasteiger partial charge in [-0.15, -0.1) is 5.06 Å². The highest BCUT2D eigenvalue weighted by Crippen LogP contribution is 2.35. The Morgan fingerprint density at radius 3 is 2.16 bits per heavy atom. The van der Waals surface area contributed by atoms with Crippen LogP contribution in [-0.4, -0.2) is 72.3 Å². The van der Waals surface area contributed by atoms with E-state index in [1.54, 1.807) is 0 Å². The molecule has 0 bridgehead atoms. The van der Waals surface area contributed by atoms with Crippen LogP contribution in [0.15, 0.2) is 65.5 Å². The second-order valence-corrected chi connectivity index (χ2v) is 11.0. The number of hydroxylamine groups is 1. The standard InChI is InChI=1S/C33H26F5N5O8/c1-15-6-7-19(43(51-31(50)33(36,37)38)30(49)17-10-24(46)16(2)25(47)11-17)12-21(15)27-20-8-9-26(48)42(28-22(34)4-3-5-23(28)35)29(20)41-32(40-27)39-18(13-44)14-45/h3-12,18,44-47H,13-14H2,1-2H3,(H,39,40,41). The zero-order chi connectivity index (χ0) is 37.4. The van der Waals surface area contributed by atoms with E-state index in [2.05, 4.69) is 20.1 Å². The van der Waals surface area contributed by atoms with Crippen LogP contribution in [0.1, 0.15) is 21.5 Å². The number of hydrogen-bond donors (Lipinski definition) is 5. The average molecular weight is 716 g/mol. The number of fused-ring (bicyclic) bond motifs is 1. The Balaban J connectivity index is 1.79. The van der Waals surface area contributed by atoms with Gasteiger partial charge in [-0.3, -0.25) is 14.2 Å². The summed E-state index contributed by atoms with van der Waals surface area (Å²) in [5.41, 5.74) is -3.09. The molecule has 2 aromatic heterocycles. The van der Waals surface area contributed by atoms with Gasteiger partial charge in [0.1, 0.15) is 28.8 Å². The number of halogens is 5. The Kier molecular flexibility index (Phi) is 9.92. The largest absolute Gasteiger partial charge is 0.508 e. The summed E-state index contributed by atoms with van der Waals surface area (Å²) in [5.74, 6) is -8.09. The summed E-state index contributed by atoms with van der Waals surface area (Å²) < 4.78 is 70.9. The molecule has 2 heterocycles. The first-order chi connectivity index (χ1) is 24.0. The van der Waals surface area contributed by atoms with E-state index in [9.17, 15) is 48.0 Å². The first-order valence-electron chi connectivity index (χ1n) is 14.7. The van der Waals surface area contributed by atoms with Crippen LogP contribution >= 0.6 is 0 Å². The molecule has 0 saturated carbocycles. The number of aromatic nitrogens is 3. The van der Waals surface area contributed by atoms with Gasteiger partial charge in [0.05, 0.1) is 36.2 Å². The number of carbonyl (C=O) groups excluding carboxylic acids is 2. The number of nitrogens with zero attached hydrogens (tertiary/aromatic N) is 4. The monoisotopic (exact) mass is 715 g/mol. The van der Waals surface area contributed by atoms with Gasteiger partial charge < -0.3 is 30.6 Å². The van der Waals surface area contributed by atoms with Gasteiger partial charge in [0.2, 0.25) is 5.95 Å². The van der Waals surface area contributed by atoms with Gasteiger partial charge in [-0.25, -0.2) is 18.6 Å². The molecular weight excluding hydrogens is 689 g/mol. The molecule has 0 radical (unpaired) electrons. The Hall–Kier alpha value is -6.14. The number of aliphatic hydroxyl groups is 2. The maximum absolute atomic E-state index is 15.1. The molecule has 0 atom stereocenters. The molecule has 0 aliphatic rings. The Labute approximate surface area is 283 Å². The average Bonchev–Trinajstić information content (AvgIpc) is 3.08. The van der Waals surface area contributed by atoms with Crippen molar-refractivity contribution in [2.45, 2.75) is 26.1 Å². The summed E-state index contributed by atoms with van der Waals surface area (Å²) in [6.45, 7) is 1.53. The fourth-order valence-corrected chi connectivity index (χ4v) is 4.90. The first kappa shape index (κ1) is 36.1. The van der Waals surface area contributed by atoms with E-state index in [4.69, 9.17) is 0 Å². The van der Waals surface area contributed by atoms with Gasteiger partial charge in [-0.1, -0.05) is 12.1 Å². The smallest absolute Gasteiger partial charge is 0.493 e. The number of nitrogens with one attached hydrogen (secondary N) is 1. The number of rotatable bonds is 8. The fraction of sp³-hybridized carbons (Fsp3) is 0.182. The lowest BCUT2D eigenvalue weighted by Gasteiger charge is -2.23. The number of carbonyl (C=O) groups is 2. The van der Waals surface area contributed by atoms with Crippen LogP contribution in [0, 0.1) is 25.5 Å². The van der Waals surface area contributed by atoms with Crippen molar-refractivity contribution in [2.75, 3.05) is 23.6 Å². The van der Waals surface area contributed by atoms with Crippen molar-refractivity contribution in [1.82, 2.24) is 14.5 Å². The van der Waals surface area contributed by atoms with E-state index in [1.165, 1.54) is 26.0 Å². The molecule has 0 aliphatic heterocycles. The molecule has 13 nitrogen and oxygen atoms in total. The number of pyridine rings is 1. The van der Waals surface area contributed by atoms with Crippen LogP contribution < -0.4 is 15.9 Å². The van der Waals surface area contributed by atoms with E-state index in [0.29, 0.717) is 10.1 Å². The summed E-state index contributed by atoms with van der Waals surface area (Å²) in [6, 6.07) is 9.09. The quantitative estimate of drug-likeness (QED) is 0.115. The maximum atomic E-state index is 15.1.